The first-order chi connectivity index (χ1) is 15.6. The van der Waals surface area contributed by atoms with Gasteiger partial charge in [0.2, 0.25) is 0 Å². The van der Waals surface area contributed by atoms with Crippen LogP contribution in [0.4, 0.5) is 0 Å². The minimum atomic E-state index is -1.11. The molecule has 4 N–H and O–H groups in total. The zero-order valence-corrected chi connectivity index (χ0v) is 20.9. The number of hydrogen-bond donors (Lipinski definition) is 4. The number of rotatable bonds is 6. The molecule has 0 radical (unpaired) electrons. The molecule has 5 nitrogen and oxygen atoms in total. The second kappa shape index (κ2) is 9.13. The monoisotopic (exact) mass is 460 g/mol. The average Bonchev–Trinajstić information content (AvgIpc) is 3.11. The Morgan fingerprint density at radius 2 is 1.91 bits per heavy atom. The van der Waals surface area contributed by atoms with Crippen molar-refractivity contribution in [2.75, 3.05) is 6.61 Å². The Bertz CT molecular complexity index is 830. The number of carbonyl (C=O) groups is 1. The predicted molar refractivity (Wildman–Crippen MR) is 128 cm³/mol. The van der Waals surface area contributed by atoms with Gasteiger partial charge in [0.1, 0.15) is 0 Å². The number of fused-ring (bicyclic) bond motifs is 5. The van der Waals surface area contributed by atoms with Crippen LogP contribution in [-0.4, -0.2) is 45.2 Å². The summed E-state index contributed by atoms with van der Waals surface area (Å²) in [7, 11) is 0. The van der Waals surface area contributed by atoms with E-state index in [9.17, 15) is 25.2 Å². The van der Waals surface area contributed by atoms with E-state index < -0.39 is 18.7 Å². The second-order valence-corrected chi connectivity index (χ2v) is 12.1. The molecule has 9 atom stereocenters. The first kappa shape index (κ1) is 24.9. The molecule has 0 aromatic rings. The second-order valence-electron chi connectivity index (χ2n) is 12.1. The number of aliphatic carboxylic acids is 1. The zero-order chi connectivity index (χ0) is 24.1. The third-order valence-electron chi connectivity index (χ3n) is 10.9. The highest BCUT2D eigenvalue weighted by atomic mass is 16.4. The summed E-state index contributed by atoms with van der Waals surface area (Å²) in [5, 5.41) is 40.9. The van der Waals surface area contributed by atoms with Gasteiger partial charge in [0.25, 0.3) is 0 Å². The van der Waals surface area contributed by atoms with Gasteiger partial charge in [-0.3, -0.25) is 0 Å². The van der Waals surface area contributed by atoms with E-state index in [4.69, 9.17) is 0 Å². The predicted octanol–water partition coefficient (Wildman–Crippen LogP) is 4.71. The normalized spacial score (nSPS) is 42.9. The van der Waals surface area contributed by atoms with Crippen LogP contribution in [0.3, 0.4) is 0 Å². The van der Waals surface area contributed by atoms with E-state index >= 15 is 0 Å². The highest BCUT2D eigenvalue weighted by molar-refractivity contribution is 5.87. The third kappa shape index (κ3) is 3.92. The van der Waals surface area contributed by atoms with Gasteiger partial charge in [-0.15, -0.1) is 0 Å². The molecular weight excluding hydrogens is 416 g/mol. The highest BCUT2D eigenvalue weighted by Gasteiger charge is 2.60. The number of aliphatic hydroxyl groups is 3. The van der Waals surface area contributed by atoms with Crippen molar-refractivity contribution < 1.29 is 25.2 Å². The summed E-state index contributed by atoms with van der Waals surface area (Å²) in [6.45, 7) is 8.10. The Morgan fingerprint density at radius 3 is 2.58 bits per heavy atom. The van der Waals surface area contributed by atoms with Crippen LogP contribution in [-0.2, 0) is 4.79 Å². The summed E-state index contributed by atoms with van der Waals surface area (Å²) in [5.74, 6) is 1.15. The first-order valence-corrected chi connectivity index (χ1v) is 13.1. The van der Waals surface area contributed by atoms with E-state index in [0.717, 1.165) is 44.9 Å². The third-order valence-corrected chi connectivity index (χ3v) is 10.9. The molecule has 0 amide bonds. The topological polar surface area (TPSA) is 98.0 Å². The van der Waals surface area contributed by atoms with E-state index in [1.807, 2.05) is 0 Å². The van der Waals surface area contributed by atoms with Crippen molar-refractivity contribution in [3.8, 4) is 0 Å². The highest BCUT2D eigenvalue weighted by Crippen LogP contribution is 2.67. The maximum atomic E-state index is 11.4. The van der Waals surface area contributed by atoms with Gasteiger partial charge in [-0.05, 0) is 99.7 Å². The molecule has 4 aliphatic rings. The van der Waals surface area contributed by atoms with Crippen LogP contribution in [0.2, 0.25) is 0 Å². The van der Waals surface area contributed by atoms with Crippen molar-refractivity contribution in [2.45, 2.75) is 97.7 Å². The molecule has 2 unspecified atom stereocenters. The minimum absolute atomic E-state index is 0.00125. The maximum absolute atomic E-state index is 11.4. The fraction of sp³-hybridized carbons (Fsp3) is 0.821. The van der Waals surface area contributed by atoms with Gasteiger partial charge < -0.3 is 20.4 Å². The van der Waals surface area contributed by atoms with E-state index in [1.54, 1.807) is 6.92 Å². The standard InChI is InChI=1S/C28H44O5/c1-16(20(15-29)26(32)33)14-24(30)17(2)21-10-11-22-19-9-8-18-6-5-7-25(31)28(18,4)23(19)12-13-27(21,22)3/h8,17,19,21-25,29-31H,5-7,9-15H2,1-4H3,(H,32,33)/t17-,19-,21+,22-,23-,24?,25?,27+,28-/m0/s1. The van der Waals surface area contributed by atoms with Crippen molar-refractivity contribution in [1.29, 1.82) is 0 Å². The Hall–Kier alpha value is -1.17. The number of aliphatic hydroxyl groups excluding tert-OH is 3. The lowest BCUT2D eigenvalue weighted by Gasteiger charge is -2.59. The lowest BCUT2D eigenvalue weighted by Crippen LogP contribution is -2.54. The number of allylic oxidation sites excluding steroid dienone is 1. The zero-order valence-electron chi connectivity index (χ0n) is 20.9. The minimum Gasteiger partial charge on any atom is -0.478 e. The molecule has 33 heavy (non-hydrogen) atoms. The summed E-state index contributed by atoms with van der Waals surface area (Å²) < 4.78 is 0. The van der Waals surface area contributed by atoms with Gasteiger partial charge in [-0.1, -0.05) is 38.0 Å². The molecule has 0 aromatic heterocycles. The lowest BCUT2D eigenvalue weighted by molar-refractivity contribution is -0.133. The molecule has 4 rings (SSSR count). The van der Waals surface area contributed by atoms with E-state index in [2.05, 4.69) is 26.8 Å². The van der Waals surface area contributed by atoms with E-state index in [1.165, 1.54) is 12.0 Å². The molecule has 0 aliphatic heterocycles. The van der Waals surface area contributed by atoms with Crippen LogP contribution in [0, 0.1) is 40.4 Å². The maximum Gasteiger partial charge on any atom is 0.333 e. The molecule has 4 aliphatic carbocycles. The smallest absolute Gasteiger partial charge is 0.333 e. The molecule has 186 valence electrons. The van der Waals surface area contributed by atoms with Gasteiger partial charge in [-0.2, -0.15) is 0 Å². The fourth-order valence-corrected chi connectivity index (χ4v) is 8.90. The van der Waals surface area contributed by atoms with Gasteiger partial charge >= 0.3 is 5.97 Å². The van der Waals surface area contributed by atoms with Crippen LogP contribution in [0.1, 0.15) is 85.5 Å². The van der Waals surface area contributed by atoms with Gasteiger partial charge in [0, 0.05) is 5.41 Å². The van der Waals surface area contributed by atoms with Crippen LogP contribution < -0.4 is 0 Å². The molecule has 0 aromatic carbocycles. The number of carboxylic acid groups (broad SMARTS) is 1. The summed E-state index contributed by atoms with van der Waals surface area (Å²) in [6, 6.07) is 0. The Balaban J connectivity index is 1.53. The Labute approximate surface area is 199 Å². The Morgan fingerprint density at radius 1 is 1.18 bits per heavy atom. The number of hydrogen-bond acceptors (Lipinski definition) is 4. The summed E-state index contributed by atoms with van der Waals surface area (Å²) in [5.41, 5.74) is 2.18. The van der Waals surface area contributed by atoms with Gasteiger partial charge in [0.05, 0.1) is 24.4 Å². The molecule has 0 bridgehead atoms. The van der Waals surface area contributed by atoms with Crippen LogP contribution in [0.25, 0.3) is 0 Å². The SMILES string of the molecule is CC(CC(O)[C@@H](C)[C@H]1CC[C@H]2[C@@H]3CC=C4CCCC(O)[C@]4(C)[C@H]3CC[C@]12C)=C(CO)C(=O)O. The molecule has 0 saturated heterocycles. The largest absolute Gasteiger partial charge is 0.478 e. The van der Waals surface area contributed by atoms with Gasteiger partial charge in [0.15, 0.2) is 0 Å². The summed E-state index contributed by atoms with van der Waals surface area (Å²) >= 11 is 0. The molecule has 5 heteroatoms. The number of carboxylic acids is 1. The van der Waals surface area contributed by atoms with Crippen molar-refractivity contribution in [1.82, 2.24) is 0 Å². The quantitative estimate of drug-likeness (QED) is 0.340. The van der Waals surface area contributed by atoms with Crippen LogP contribution in [0.5, 0.6) is 0 Å². The first-order valence-electron chi connectivity index (χ1n) is 13.1. The summed E-state index contributed by atoms with van der Waals surface area (Å²) in [6.07, 6.45) is 10.8. The lowest BCUT2D eigenvalue weighted by atomic mass is 9.46. The molecule has 0 heterocycles. The van der Waals surface area contributed by atoms with Crippen LogP contribution in [0.15, 0.2) is 22.8 Å². The van der Waals surface area contributed by atoms with Crippen molar-refractivity contribution >= 4 is 5.97 Å². The molecular formula is C28H44O5. The van der Waals surface area contributed by atoms with Crippen molar-refractivity contribution in [3.05, 3.63) is 22.8 Å². The Kier molecular flexibility index (Phi) is 6.90. The van der Waals surface area contributed by atoms with Gasteiger partial charge in [-0.25, -0.2) is 4.79 Å². The molecule has 3 saturated carbocycles. The van der Waals surface area contributed by atoms with Crippen LogP contribution >= 0.6 is 0 Å². The fourth-order valence-electron chi connectivity index (χ4n) is 8.90. The van der Waals surface area contributed by atoms with E-state index in [-0.39, 0.29) is 28.4 Å². The summed E-state index contributed by atoms with van der Waals surface area (Å²) in [4.78, 5) is 11.4. The molecule has 3 fully saturated rings. The van der Waals surface area contributed by atoms with Crippen molar-refractivity contribution in [3.63, 3.8) is 0 Å². The molecule has 0 spiro atoms. The van der Waals surface area contributed by atoms with E-state index in [0.29, 0.717) is 35.7 Å². The average molecular weight is 461 g/mol. The van der Waals surface area contributed by atoms with Crippen molar-refractivity contribution in [2.24, 2.45) is 40.4 Å².